The summed E-state index contributed by atoms with van der Waals surface area (Å²) in [5, 5.41) is 13.0. The van der Waals surface area contributed by atoms with E-state index in [0.29, 0.717) is 30.0 Å². The van der Waals surface area contributed by atoms with Crippen molar-refractivity contribution in [2.45, 2.75) is 33.2 Å². The maximum absolute atomic E-state index is 12.6. The first-order valence-electron chi connectivity index (χ1n) is 6.63. The van der Waals surface area contributed by atoms with E-state index in [1.807, 2.05) is 20.8 Å². The lowest BCUT2D eigenvalue weighted by Gasteiger charge is -2.27. The first kappa shape index (κ1) is 14.4. The highest BCUT2D eigenvalue weighted by Gasteiger charge is 2.21. The van der Waals surface area contributed by atoms with E-state index in [1.54, 1.807) is 9.42 Å². The Bertz CT molecular complexity index is 608. The van der Waals surface area contributed by atoms with Gasteiger partial charge in [-0.1, -0.05) is 0 Å². The van der Waals surface area contributed by atoms with Crippen molar-refractivity contribution < 1.29 is 9.90 Å². The van der Waals surface area contributed by atoms with Gasteiger partial charge in [0, 0.05) is 25.4 Å². The Hall–Kier alpha value is -2.02. The zero-order valence-electron chi connectivity index (χ0n) is 11.9. The van der Waals surface area contributed by atoms with Crippen LogP contribution in [0.4, 0.5) is 0 Å². The fourth-order valence-electron chi connectivity index (χ4n) is 2.09. The summed E-state index contributed by atoms with van der Waals surface area (Å²) in [4.78, 5) is 22.5. The van der Waals surface area contributed by atoms with Crippen LogP contribution in [0.5, 0.6) is 0 Å². The molecule has 7 nitrogen and oxygen atoms in total. The summed E-state index contributed by atoms with van der Waals surface area (Å²) in [5.74, 6) is 0.376. The van der Waals surface area contributed by atoms with Gasteiger partial charge in [0.2, 0.25) is 0 Å². The number of aliphatic hydroxyl groups excluding tert-OH is 1. The number of hydrogen-bond acceptors (Lipinski definition) is 5. The molecule has 20 heavy (non-hydrogen) atoms. The molecule has 1 N–H and O–H groups in total. The zero-order chi connectivity index (χ0) is 14.7. The van der Waals surface area contributed by atoms with Crippen LogP contribution in [-0.2, 0) is 0 Å². The number of nitrogens with zero attached hydrogens (tertiary/aromatic N) is 5. The molecule has 2 rings (SSSR count). The van der Waals surface area contributed by atoms with Crippen LogP contribution in [0.25, 0.3) is 5.78 Å². The summed E-state index contributed by atoms with van der Waals surface area (Å²) in [7, 11) is 0. The highest BCUT2D eigenvalue weighted by Crippen LogP contribution is 2.13. The van der Waals surface area contributed by atoms with Gasteiger partial charge in [-0.05, 0) is 27.2 Å². The molecule has 108 valence electrons. The van der Waals surface area contributed by atoms with Gasteiger partial charge in [-0.2, -0.15) is 10.1 Å². The minimum absolute atomic E-state index is 0.0555. The second-order valence-corrected chi connectivity index (χ2v) is 4.90. The number of carbonyl (C=O) groups excluding carboxylic acids is 1. The van der Waals surface area contributed by atoms with Gasteiger partial charge in [0.05, 0.1) is 11.3 Å². The van der Waals surface area contributed by atoms with Crippen LogP contribution in [0.1, 0.15) is 36.3 Å². The van der Waals surface area contributed by atoms with Gasteiger partial charge in [0.25, 0.3) is 11.7 Å². The Kier molecular flexibility index (Phi) is 4.29. The molecule has 0 aliphatic heterocycles. The second kappa shape index (κ2) is 5.96. The quantitative estimate of drug-likeness (QED) is 0.868. The van der Waals surface area contributed by atoms with E-state index in [1.165, 1.54) is 12.5 Å². The van der Waals surface area contributed by atoms with Crippen molar-refractivity contribution in [2.75, 3.05) is 13.2 Å². The summed E-state index contributed by atoms with van der Waals surface area (Å²) >= 11 is 0. The molecule has 0 atom stereocenters. The number of amides is 1. The van der Waals surface area contributed by atoms with Crippen LogP contribution in [0, 0.1) is 6.92 Å². The van der Waals surface area contributed by atoms with Crippen LogP contribution in [-0.4, -0.2) is 54.7 Å². The largest absolute Gasteiger partial charge is 0.396 e. The van der Waals surface area contributed by atoms with Gasteiger partial charge >= 0.3 is 0 Å². The van der Waals surface area contributed by atoms with E-state index >= 15 is 0 Å². The third-order valence-electron chi connectivity index (χ3n) is 3.22. The van der Waals surface area contributed by atoms with Crippen molar-refractivity contribution in [1.29, 1.82) is 0 Å². The van der Waals surface area contributed by atoms with E-state index in [-0.39, 0.29) is 18.6 Å². The Morgan fingerprint density at radius 1 is 1.45 bits per heavy atom. The highest BCUT2D eigenvalue weighted by atomic mass is 16.3. The van der Waals surface area contributed by atoms with E-state index in [9.17, 15) is 4.79 Å². The van der Waals surface area contributed by atoms with Gasteiger partial charge in [0.15, 0.2) is 0 Å². The predicted molar refractivity (Wildman–Crippen MR) is 73.4 cm³/mol. The molecule has 0 aromatic carbocycles. The van der Waals surface area contributed by atoms with Crippen molar-refractivity contribution in [3.05, 3.63) is 23.8 Å². The molecule has 0 unspecified atom stereocenters. The minimum atomic E-state index is -0.101. The minimum Gasteiger partial charge on any atom is -0.396 e. The molecule has 0 bridgehead atoms. The number of rotatable bonds is 5. The summed E-state index contributed by atoms with van der Waals surface area (Å²) in [6, 6.07) is 0.0555. The van der Waals surface area contributed by atoms with Gasteiger partial charge in [0.1, 0.15) is 6.33 Å². The molecular formula is C13H19N5O2. The maximum atomic E-state index is 12.6. The molecule has 2 aromatic heterocycles. The fourth-order valence-corrected chi connectivity index (χ4v) is 2.09. The van der Waals surface area contributed by atoms with Gasteiger partial charge < -0.3 is 10.0 Å². The standard InChI is InChI=1S/C13H19N5O2/c1-9(2)17(5-4-6-19)12(20)11-7-14-13-15-8-16-18(13)10(11)3/h7-9,19H,4-6H2,1-3H3. The van der Waals surface area contributed by atoms with E-state index in [4.69, 9.17) is 5.11 Å². The summed E-state index contributed by atoms with van der Waals surface area (Å²) in [6.07, 6.45) is 3.51. The fraction of sp³-hybridized carbons (Fsp3) is 0.538. The average Bonchev–Trinajstić information content (AvgIpc) is 2.88. The third kappa shape index (κ3) is 2.62. The van der Waals surface area contributed by atoms with Crippen molar-refractivity contribution in [1.82, 2.24) is 24.5 Å². The molecule has 2 aromatic rings. The SMILES string of the molecule is Cc1c(C(=O)N(CCCO)C(C)C)cnc2ncnn12. The van der Waals surface area contributed by atoms with E-state index in [2.05, 4.69) is 15.1 Å². The van der Waals surface area contributed by atoms with Crippen molar-refractivity contribution in [2.24, 2.45) is 0 Å². The molecule has 0 aliphatic rings. The first-order valence-corrected chi connectivity index (χ1v) is 6.63. The topological polar surface area (TPSA) is 83.6 Å². The summed E-state index contributed by atoms with van der Waals surface area (Å²) in [6.45, 7) is 6.30. The van der Waals surface area contributed by atoms with Crippen molar-refractivity contribution in [3.63, 3.8) is 0 Å². The summed E-state index contributed by atoms with van der Waals surface area (Å²) in [5.41, 5.74) is 1.22. The number of fused-ring (bicyclic) bond motifs is 1. The number of hydrogen-bond donors (Lipinski definition) is 1. The Morgan fingerprint density at radius 3 is 2.85 bits per heavy atom. The van der Waals surface area contributed by atoms with Crippen molar-refractivity contribution in [3.8, 4) is 0 Å². The highest BCUT2D eigenvalue weighted by molar-refractivity contribution is 5.95. The Morgan fingerprint density at radius 2 is 2.20 bits per heavy atom. The molecular weight excluding hydrogens is 258 g/mol. The lowest BCUT2D eigenvalue weighted by atomic mass is 10.1. The molecule has 7 heteroatoms. The third-order valence-corrected chi connectivity index (χ3v) is 3.22. The van der Waals surface area contributed by atoms with Crippen LogP contribution in [0.15, 0.2) is 12.5 Å². The van der Waals surface area contributed by atoms with Crippen molar-refractivity contribution >= 4 is 11.7 Å². The molecule has 0 spiro atoms. The normalized spacial score (nSPS) is 11.2. The summed E-state index contributed by atoms with van der Waals surface area (Å²) < 4.78 is 1.55. The smallest absolute Gasteiger partial charge is 0.257 e. The monoisotopic (exact) mass is 277 g/mol. The lowest BCUT2D eigenvalue weighted by Crippen LogP contribution is -2.38. The maximum Gasteiger partial charge on any atom is 0.257 e. The van der Waals surface area contributed by atoms with E-state index in [0.717, 1.165) is 0 Å². The molecule has 0 radical (unpaired) electrons. The van der Waals surface area contributed by atoms with Crippen LogP contribution in [0.3, 0.4) is 0 Å². The zero-order valence-corrected chi connectivity index (χ0v) is 11.9. The van der Waals surface area contributed by atoms with Gasteiger partial charge in [-0.3, -0.25) is 4.79 Å². The number of aromatic nitrogens is 4. The lowest BCUT2D eigenvalue weighted by molar-refractivity contribution is 0.0691. The predicted octanol–water partition coefficient (Wildman–Crippen LogP) is 0.666. The number of aliphatic hydroxyl groups is 1. The number of aryl methyl sites for hydroxylation is 1. The molecule has 2 heterocycles. The molecule has 1 amide bonds. The molecule has 0 saturated carbocycles. The molecule has 0 aliphatic carbocycles. The van der Waals surface area contributed by atoms with Gasteiger partial charge in [-0.25, -0.2) is 9.50 Å². The molecule has 0 fully saturated rings. The Labute approximate surface area is 117 Å². The molecule has 0 saturated heterocycles. The average molecular weight is 277 g/mol. The van der Waals surface area contributed by atoms with Crippen LogP contribution >= 0.6 is 0 Å². The Balaban J connectivity index is 2.35. The first-order chi connectivity index (χ1) is 9.56. The van der Waals surface area contributed by atoms with E-state index < -0.39 is 0 Å². The van der Waals surface area contributed by atoms with Gasteiger partial charge in [-0.15, -0.1) is 0 Å². The van der Waals surface area contributed by atoms with Crippen LogP contribution < -0.4 is 0 Å². The van der Waals surface area contributed by atoms with Crippen LogP contribution in [0.2, 0.25) is 0 Å². The number of carbonyl (C=O) groups is 1. The second-order valence-electron chi connectivity index (χ2n) is 4.90.